The fourth-order valence-corrected chi connectivity index (χ4v) is 4.52. The van der Waals surface area contributed by atoms with Gasteiger partial charge in [-0.3, -0.25) is 4.79 Å². The van der Waals surface area contributed by atoms with E-state index in [1.807, 2.05) is 12.1 Å². The van der Waals surface area contributed by atoms with Crippen molar-refractivity contribution in [2.24, 2.45) is 0 Å². The van der Waals surface area contributed by atoms with Gasteiger partial charge in [-0.25, -0.2) is 17.7 Å². The number of benzene rings is 1. The van der Waals surface area contributed by atoms with Crippen molar-refractivity contribution < 1.29 is 13.2 Å². The Morgan fingerprint density at radius 1 is 1.26 bits per heavy atom. The second-order valence-corrected chi connectivity index (χ2v) is 8.62. The van der Waals surface area contributed by atoms with Gasteiger partial charge in [-0.2, -0.15) is 0 Å². The van der Waals surface area contributed by atoms with Crippen molar-refractivity contribution in [2.75, 3.05) is 31.9 Å². The molecule has 1 amide bonds. The molecule has 1 aliphatic heterocycles. The molecule has 8 heteroatoms. The SMILES string of the molecule is CCS(=O)(=O)N1CCCN(C(=O)c2ccc3scnc3c2)CC1. The molecular formula is C15H19N3O3S2. The number of rotatable bonds is 3. The van der Waals surface area contributed by atoms with Crippen LogP contribution in [0, 0.1) is 0 Å². The molecule has 6 nitrogen and oxygen atoms in total. The van der Waals surface area contributed by atoms with Gasteiger partial charge in [0.1, 0.15) is 0 Å². The van der Waals surface area contributed by atoms with E-state index in [4.69, 9.17) is 0 Å². The summed E-state index contributed by atoms with van der Waals surface area (Å²) in [5.41, 5.74) is 3.19. The number of carbonyl (C=O) groups is 1. The van der Waals surface area contributed by atoms with Crippen molar-refractivity contribution in [3.05, 3.63) is 29.3 Å². The molecule has 1 fully saturated rings. The molecule has 3 rings (SSSR count). The number of sulfonamides is 1. The fourth-order valence-electron chi connectivity index (χ4n) is 2.73. The predicted octanol–water partition coefficient (Wildman–Crippen LogP) is 1.79. The van der Waals surface area contributed by atoms with Crippen LogP contribution in [-0.2, 0) is 10.0 Å². The number of fused-ring (bicyclic) bond motifs is 1. The van der Waals surface area contributed by atoms with Crippen molar-refractivity contribution in [1.82, 2.24) is 14.2 Å². The molecule has 0 radical (unpaired) electrons. The normalized spacial score (nSPS) is 17.3. The lowest BCUT2D eigenvalue weighted by atomic mass is 10.2. The lowest BCUT2D eigenvalue weighted by Gasteiger charge is -2.21. The average molecular weight is 353 g/mol. The minimum absolute atomic E-state index is 0.0596. The maximum absolute atomic E-state index is 12.7. The van der Waals surface area contributed by atoms with Gasteiger partial charge in [0.2, 0.25) is 10.0 Å². The van der Waals surface area contributed by atoms with Gasteiger partial charge in [-0.05, 0) is 31.5 Å². The first-order valence-corrected chi connectivity index (χ1v) is 10.1. The first kappa shape index (κ1) is 16.4. The van der Waals surface area contributed by atoms with E-state index >= 15 is 0 Å². The summed E-state index contributed by atoms with van der Waals surface area (Å²) in [6, 6.07) is 5.53. The van der Waals surface area contributed by atoms with Gasteiger partial charge in [-0.1, -0.05) is 0 Å². The van der Waals surface area contributed by atoms with Crippen LogP contribution in [0.25, 0.3) is 10.2 Å². The summed E-state index contributed by atoms with van der Waals surface area (Å²) in [6.07, 6.45) is 0.657. The fraction of sp³-hybridized carbons (Fsp3) is 0.467. The van der Waals surface area contributed by atoms with Crippen LogP contribution in [0.2, 0.25) is 0 Å². The van der Waals surface area contributed by atoms with E-state index in [2.05, 4.69) is 4.98 Å². The standard InChI is InChI=1S/C15H19N3O3S2/c1-2-23(20,21)18-7-3-6-17(8-9-18)15(19)12-4-5-14-13(10-12)16-11-22-14/h4-5,10-11H,2-3,6-9H2,1H3. The second kappa shape index (κ2) is 6.54. The Bertz CT molecular complexity index is 816. The highest BCUT2D eigenvalue weighted by Gasteiger charge is 2.26. The minimum Gasteiger partial charge on any atom is -0.337 e. The molecule has 0 N–H and O–H groups in total. The molecule has 1 aliphatic rings. The van der Waals surface area contributed by atoms with Gasteiger partial charge in [0.15, 0.2) is 0 Å². The van der Waals surface area contributed by atoms with Crippen LogP contribution in [0.15, 0.2) is 23.7 Å². The van der Waals surface area contributed by atoms with Crippen LogP contribution in [-0.4, -0.2) is 60.4 Å². The van der Waals surface area contributed by atoms with E-state index in [1.165, 1.54) is 4.31 Å². The molecule has 1 aromatic carbocycles. The summed E-state index contributed by atoms with van der Waals surface area (Å²) in [4.78, 5) is 18.7. The van der Waals surface area contributed by atoms with Crippen molar-refractivity contribution in [3.63, 3.8) is 0 Å². The summed E-state index contributed by atoms with van der Waals surface area (Å²) in [5, 5.41) is 0. The van der Waals surface area contributed by atoms with E-state index in [1.54, 1.807) is 34.7 Å². The number of hydrogen-bond donors (Lipinski definition) is 0. The van der Waals surface area contributed by atoms with Gasteiger partial charge in [0.05, 0.1) is 21.5 Å². The quantitative estimate of drug-likeness (QED) is 0.843. The molecule has 0 saturated carbocycles. The van der Waals surface area contributed by atoms with E-state index in [0.717, 1.165) is 10.2 Å². The highest BCUT2D eigenvalue weighted by molar-refractivity contribution is 7.89. The van der Waals surface area contributed by atoms with Crippen LogP contribution in [0.3, 0.4) is 0 Å². The Balaban J connectivity index is 1.75. The monoisotopic (exact) mass is 353 g/mol. The Labute approximate surface area is 139 Å². The topological polar surface area (TPSA) is 70.6 Å². The molecule has 2 aromatic rings. The molecule has 1 saturated heterocycles. The third kappa shape index (κ3) is 3.39. The van der Waals surface area contributed by atoms with Crippen molar-refractivity contribution in [2.45, 2.75) is 13.3 Å². The van der Waals surface area contributed by atoms with Crippen LogP contribution in [0.1, 0.15) is 23.7 Å². The van der Waals surface area contributed by atoms with E-state index in [0.29, 0.717) is 38.2 Å². The highest BCUT2D eigenvalue weighted by atomic mass is 32.2. The number of nitrogens with zero attached hydrogens (tertiary/aromatic N) is 3. The Morgan fingerprint density at radius 3 is 2.87 bits per heavy atom. The van der Waals surface area contributed by atoms with Gasteiger partial charge in [0.25, 0.3) is 5.91 Å². The molecule has 23 heavy (non-hydrogen) atoms. The lowest BCUT2D eigenvalue weighted by Crippen LogP contribution is -2.37. The molecule has 0 aliphatic carbocycles. The van der Waals surface area contributed by atoms with Gasteiger partial charge in [0, 0.05) is 31.7 Å². The largest absolute Gasteiger partial charge is 0.337 e. The first-order chi connectivity index (χ1) is 11.0. The summed E-state index contributed by atoms with van der Waals surface area (Å²) in [6.45, 7) is 3.48. The van der Waals surface area contributed by atoms with Crippen LogP contribution in [0.4, 0.5) is 0 Å². The third-order valence-corrected chi connectivity index (χ3v) is 6.77. The van der Waals surface area contributed by atoms with Gasteiger partial charge in [-0.15, -0.1) is 11.3 Å². The van der Waals surface area contributed by atoms with E-state index in [-0.39, 0.29) is 11.7 Å². The van der Waals surface area contributed by atoms with Crippen molar-refractivity contribution in [1.29, 1.82) is 0 Å². The van der Waals surface area contributed by atoms with Crippen LogP contribution in [0.5, 0.6) is 0 Å². The summed E-state index contributed by atoms with van der Waals surface area (Å²) >= 11 is 1.54. The smallest absolute Gasteiger partial charge is 0.253 e. The Morgan fingerprint density at radius 2 is 2.09 bits per heavy atom. The summed E-state index contributed by atoms with van der Waals surface area (Å²) in [7, 11) is -3.19. The van der Waals surface area contributed by atoms with E-state index < -0.39 is 10.0 Å². The molecule has 0 unspecified atom stereocenters. The van der Waals surface area contributed by atoms with Gasteiger partial charge >= 0.3 is 0 Å². The highest BCUT2D eigenvalue weighted by Crippen LogP contribution is 2.20. The average Bonchev–Trinajstić information content (AvgIpc) is 2.87. The molecule has 1 aromatic heterocycles. The predicted molar refractivity (Wildman–Crippen MR) is 91.2 cm³/mol. The molecule has 124 valence electrons. The number of carbonyl (C=O) groups excluding carboxylic acids is 1. The van der Waals surface area contributed by atoms with Crippen molar-refractivity contribution in [3.8, 4) is 0 Å². The second-order valence-electron chi connectivity index (χ2n) is 5.48. The molecule has 0 bridgehead atoms. The van der Waals surface area contributed by atoms with E-state index in [9.17, 15) is 13.2 Å². The zero-order valence-electron chi connectivity index (χ0n) is 12.9. The number of aromatic nitrogens is 1. The summed E-state index contributed by atoms with van der Waals surface area (Å²) < 4.78 is 26.5. The number of hydrogen-bond acceptors (Lipinski definition) is 5. The first-order valence-electron chi connectivity index (χ1n) is 7.61. The molecule has 0 atom stereocenters. The van der Waals surface area contributed by atoms with Crippen LogP contribution >= 0.6 is 11.3 Å². The Hall–Kier alpha value is -1.51. The molecular weight excluding hydrogens is 334 g/mol. The summed E-state index contributed by atoms with van der Waals surface area (Å²) in [5.74, 6) is 0.0391. The maximum Gasteiger partial charge on any atom is 0.253 e. The maximum atomic E-state index is 12.7. The molecule has 0 spiro atoms. The van der Waals surface area contributed by atoms with Crippen molar-refractivity contribution >= 4 is 37.5 Å². The Kier molecular flexibility index (Phi) is 4.65. The number of amides is 1. The van der Waals surface area contributed by atoms with Crippen LogP contribution < -0.4 is 0 Å². The third-order valence-electron chi connectivity index (χ3n) is 4.08. The zero-order chi connectivity index (χ0) is 16.4. The van der Waals surface area contributed by atoms with Gasteiger partial charge < -0.3 is 4.90 Å². The molecule has 2 heterocycles. The zero-order valence-corrected chi connectivity index (χ0v) is 14.6. The lowest BCUT2D eigenvalue weighted by molar-refractivity contribution is 0.0764. The minimum atomic E-state index is -3.19. The number of thiazole rings is 1.